The second kappa shape index (κ2) is 8.57. The van der Waals surface area contributed by atoms with Crippen LogP contribution in [-0.2, 0) is 0 Å². The number of pyridine rings is 1. The van der Waals surface area contributed by atoms with E-state index in [1.807, 2.05) is 65.6 Å². The summed E-state index contributed by atoms with van der Waals surface area (Å²) in [4.78, 5) is 18.9. The number of nitrogens with one attached hydrogen (secondary N) is 1. The monoisotopic (exact) mass is 373 g/mol. The highest BCUT2D eigenvalue weighted by molar-refractivity contribution is 5.93. The summed E-state index contributed by atoms with van der Waals surface area (Å²) in [7, 11) is 0. The Morgan fingerprint density at radius 2 is 1.68 bits per heavy atom. The van der Waals surface area contributed by atoms with E-state index in [2.05, 4.69) is 10.3 Å². The average molecular weight is 373 g/mol. The lowest BCUT2D eigenvalue weighted by atomic mass is 10.1. The number of carbonyl (C=O) groups excluding carboxylic acids is 1. The number of anilines is 2. The van der Waals surface area contributed by atoms with E-state index in [1.165, 1.54) is 6.42 Å². The molecule has 0 spiro atoms. The molecule has 28 heavy (non-hydrogen) atoms. The molecular formula is C23H23N3O2. The maximum absolute atomic E-state index is 12.7. The summed E-state index contributed by atoms with van der Waals surface area (Å²) >= 11 is 0. The van der Waals surface area contributed by atoms with Crippen LogP contribution in [0.2, 0.25) is 0 Å². The van der Waals surface area contributed by atoms with Crippen LogP contribution in [0.5, 0.6) is 11.5 Å². The first-order valence-electron chi connectivity index (χ1n) is 9.64. The molecule has 142 valence electrons. The van der Waals surface area contributed by atoms with Crippen LogP contribution in [0.3, 0.4) is 0 Å². The van der Waals surface area contributed by atoms with Crippen molar-refractivity contribution in [3.63, 3.8) is 0 Å². The van der Waals surface area contributed by atoms with Crippen LogP contribution in [0, 0.1) is 0 Å². The molecule has 4 rings (SSSR count). The number of aromatic nitrogens is 1. The second-order valence-corrected chi connectivity index (χ2v) is 6.82. The Bertz CT molecular complexity index is 937. The van der Waals surface area contributed by atoms with E-state index < -0.39 is 0 Å². The first-order chi connectivity index (χ1) is 13.8. The molecule has 2 aromatic carbocycles. The van der Waals surface area contributed by atoms with Gasteiger partial charge >= 0.3 is 0 Å². The van der Waals surface area contributed by atoms with Gasteiger partial charge in [-0.15, -0.1) is 0 Å². The Hall–Kier alpha value is -3.34. The van der Waals surface area contributed by atoms with Crippen LogP contribution in [0.4, 0.5) is 11.4 Å². The van der Waals surface area contributed by atoms with E-state index >= 15 is 0 Å². The number of rotatable bonds is 5. The Kier molecular flexibility index (Phi) is 5.52. The van der Waals surface area contributed by atoms with Crippen LogP contribution < -0.4 is 10.1 Å². The maximum atomic E-state index is 12.7. The molecule has 0 unspecified atom stereocenters. The van der Waals surface area contributed by atoms with E-state index in [0.717, 1.165) is 48.8 Å². The van der Waals surface area contributed by atoms with Crippen LogP contribution >= 0.6 is 0 Å². The third-order valence-electron chi connectivity index (χ3n) is 4.76. The number of ether oxygens (including phenoxy) is 1. The SMILES string of the molecule is O=C(c1cc(Nc2ccccc2Oc2ccccc2)ccn1)N1CCCCC1. The van der Waals surface area contributed by atoms with E-state index in [1.54, 1.807) is 12.3 Å². The van der Waals surface area contributed by atoms with Gasteiger partial charge in [0.05, 0.1) is 5.69 Å². The summed E-state index contributed by atoms with van der Waals surface area (Å²) in [5.41, 5.74) is 2.10. The third kappa shape index (κ3) is 4.31. The summed E-state index contributed by atoms with van der Waals surface area (Å²) in [5.74, 6) is 1.49. The van der Waals surface area contributed by atoms with Crippen molar-refractivity contribution in [2.24, 2.45) is 0 Å². The maximum Gasteiger partial charge on any atom is 0.272 e. The number of piperidine rings is 1. The fraction of sp³-hybridized carbons (Fsp3) is 0.217. The molecule has 2 heterocycles. The normalized spacial score (nSPS) is 13.8. The Balaban J connectivity index is 1.52. The summed E-state index contributed by atoms with van der Waals surface area (Å²) in [6, 6.07) is 21.1. The quantitative estimate of drug-likeness (QED) is 0.664. The van der Waals surface area contributed by atoms with Crippen molar-refractivity contribution >= 4 is 17.3 Å². The lowest BCUT2D eigenvalue weighted by molar-refractivity contribution is 0.0718. The highest BCUT2D eigenvalue weighted by atomic mass is 16.5. The van der Waals surface area contributed by atoms with Gasteiger partial charge in [-0.3, -0.25) is 9.78 Å². The summed E-state index contributed by atoms with van der Waals surface area (Å²) in [6.45, 7) is 1.62. The minimum absolute atomic E-state index is 0.00262. The fourth-order valence-corrected chi connectivity index (χ4v) is 3.31. The number of nitrogens with zero attached hydrogens (tertiary/aromatic N) is 2. The molecule has 0 radical (unpaired) electrons. The van der Waals surface area contributed by atoms with Crippen molar-refractivity contribution in [3.8, 4) is 11.5 Å². The molecule has 0 saturated carbocycles. The van der Waals surface area contributed by atoms with Gasteiger partial charge in [0.1, 0.15) is 11.4 Å². The van der Waals surface area contributed by atoms with Gasteiger partial charge in [-0.2, -0.15) is 0 Å². The van der Waals surface area contributed by atoms with Crippen LogP contribution in [0.25, 0.3) is 0 Å². The molecule has 1 fully saturated rings. The van der Waals surface area contributed by atoms with Gasteiger partial charge in [0.2, 0.25) is 0 Å². The first-order valence-corrected chi connectivity index (χ1v) is 9.64. The highest BCUT2D eigenvalue weighted by Crippen LogP contribution is 2.31. The summed E-state index contributed by atoms with van der Waals surface area (Å²) in [6.07, 6.45) is 4.99. The number of para-hydroxylation sites is 3. The number of benzene rings is 2. The van der Waals surface area contributed by atoms with Crippen LogP contribution in [0.1, 0.15) is 29.8 Å². The van der Waals surface area contributed by atoms with Crippen LogP contribution in [0.15, 0.2) is 72.9 Å². The molecule has 5 nitrogen and oxygen atoms in total. The van der Waals surface area contributed by atoms with Crippen LogP contribution in [-0.4, -0.2) is 28.9 Å². The van der Waals surface area contributed by atoms with E-state index in [0.29, 0.717) is 5.69 Å². The molecule has 0 atom stereocenters. The molecule has 1 N–H and O–H groups in total. The number of hydrogen-bond donors (Lipinski definition) is 1. The molecule has 1 amide bonds. The van der Waals surface area contributed by atoms with Crippen molar-refractivity contribution in [1.82, 2.24) is 9.88 Å². The third-order valence-corrected chi connectivity index (χ3v) is 4.76. The van der Waals surface area contributed by atoms with Gasteiger partial charge in [0, 0.05) is 25.0 Å². The van der Waals surface area contributed by atoms with E-state index in [9.17, 15) is 4.79 Å². The molecule has 3 aromatic rings. The zero-order chi connectivity index (χ0) is 19.2. The zero-order valence-electron chi connectivity index (χ0n) is 15.7. The fourth-order valence-electron chi connectivity index (χ4n) is 3.31. The number of likely N-dealkylation sites (tertiary alicyclic amines) is 1. The molecule has 5 heteroatoms. The Morgan fingerprint density at radius 1 is 0.929 bits per heavy atom. The minimum atomic E-state index is -0.00262. The van der Waals surface area contributed by atoms with Gasteiger partial charge in [-0.1, -0.05) is 30.3 Å². The predicted molar refractivity (Wildman–Crippen MR) is 110 cm³/mol. The van der Waals surface area contributed by atoms with Crippen molar-refractivity contribution in [1.29, 1.82) is 0 Å². The molecule has 1 saturated heterocycles. The molecular weight excluding hydrogens is 350 g/mol. The van der Waals surface area contributed by atoms with Gasteiger partial charge < -0.3 is 15.0 Å². The average Bonchev–Trinajstić information content (AvgIpc) is 2.76. The number of carbonyl (C=O) groups is 1. The molecule has 1 aliphatic rings. The summed E-state index contributed by atoms with van der Waals surface area (Å²) in [5, 5.41) is 3.36. The lowest BCUT2D eigenvalue weighted by Crippen LogP contribution is -2.36. The molecule has 1 aliphatic heterocycles. The van der Waals surface area contributed by atoms with Crippen molar-refractivity contribution in [3.05, 3.63) is 78.6 Å². The topological polar surface area (TPSA) is 54.5 Å². The standard InChI is InChI=1S/C23H23N3O2/c27-23(26-15-7-2-8-16-26)21-17-18(13-14-24-21)25-20-11-5-6-12-22(20)28-19-9-3-1-4-10-19/h1,3-6,9-14,17H,2,7-8,15-16H2,(H,24,25). The minimum Gasteiger partial charge on any atom is -0.455 e. The van der Waals surface area contributed by atoms with E-state index in [-0.39, 0.29) is 5.91 Å². The number of hydrogen-bond acceptors (Lipinski definition) is 4. The zero-order valence-corrected chi connectivity index (χ0v) is 15.7. The van der Waals surface area contributed by atoms with Crippen molar-refractivity contribution in [2.75, 3.05) is 18.4 Å². The molecule has 1 aromatic heterocycles. The van der Waals surface area contributed by atoms with Crippen molar-refractivity contribution in [2.45, 2.75) is 19.3 Å². The molecule has 0 bridgehead atoms. The first kappa shape index (κ1) is 18.0. The highest BCUT2D eigenvalue weighted by Gasteiger charge is 2.19. The predicted octanol–water partition coefficient (Wildman–Crippen LogP) is 5.24. The van der Waals surface area contributed by atoms with Gasteiger partial charge in [0.15, 0.2) is 5.75 Å². The molecule has 0 aliphatic carbocycles. The Labute approximate surface area is 165 Å². The largest absolute Gasteiger partial charge is 0.455 e. The number of amides is 1. The van der Waals surface area contributed by atoms with Crippen molar-refractivity contribution < 1.29 is 9.53 Å². The van der Waals surface area contributed by atoms with Gasteiger partial charge in [-0.25, -0.2) is 0 Å². The Morgan fingerprint density at radius 3 is 2.50 bits per heavy atom. The van der Waals surface area contributed by atoms with Gasteiger partial charge in [0.25, 0.3) is 5.91 Å². The second-order valence-electron chi connectivity index (χ2n) is 6.82. The van der Waals surface area contributed by atoms with E-state index in [4.69, 9.17) is 4.74 Å². The lowest BCUT2D eigenvalue weighted by Gasteiger charge is -2.26. The smallest absolute Gasteiger partial charge is 0.272 e. The summed E-state index contributed by atoms with van der Waals surface area (Å²) < 4.78 is 6.00. The van der Waals surface area contributed by atoms with Gasteiger partial charge in [-0.05, 0) is 55.7 Å².